The Morgan fingerprint density at radius 2 is 1.72 bits per heavy atom. The highest BCUT2D eigenvalue weighted by atomic mass is 32.2. The lowest BCUT2D eigenvalue weighted by atomic mass is 9.77. The Morgan fingerprint density at radius 1 is 1.06 bits per heavy atom. The van der Waals surface area contributed by atoms with E-state index in [1.165, 1.54) is 0 Å². The number of halogens is 3. The Morgan fingerprint density at radius 3 is 2.39 bits per heavy atom. The average Bonchev–Trinajstić information content (AvgIpc) is 2.27. The molecule has 0 aliphatic heterocycles. The van der Waals surface area contributed by atoms with Gasteiger partial charge in [-0.05, 0) is 43.6 Å². The van der Waals surface area contributed by atoms with E-state index in [0.29, 0.717) is 19.3 Å². The lowest BCUT2D eigenvalue weighted by Crippen LogP contribution is -2.27. The zero-order valence-electron chi connectivity index (χ0n) is 9.79. The maximum absolute atomic E-state index is 12.3. The molecule has 0 aromatic rings. The van der Waals surface area contributed by atoms with Gasteiger partial charge in [0.1, 0.15) is 5.76 Å². The van der Waals surface area contributed by atoms with Crippen LogP contribution in [0.25, 0.3) is 0 Å². The standard InChI is InChI=1S/C11H15F3O3S/c12-11(13,14)18(15,16)17-10-7-3-5-8-4-1-2-6-9(8)10/h8H,1-7H2. The van der Waals surface area contributed by atoms with Crippen LogP contribution in [-0.4, -0.2) is 13.9 Å². The second-order valence-electron chi connectivity index (χ2n) is 4.77. The number of hydrogen-bond donors (Lipinski definition) is 0. The largest absolute Gasteiger partial charge is 0.534 e. The van der Waals surface area contributed by atoms with Gasteiger partial charge in [0.2, 0.25) is 0 Å². The first kappa shape index (κ1) is 13.7. The van der Waals surface area contributed by atoms with Crippen molar-refractivity contribution >= 4 is 10.1 Å². The predicted molar refractivity (Wildman–Crippen MR) is 58.9 cm³/mol. The maximum Gasteiger partial charge on any atom is 0.534 e. The normalized spacial score (nSPS) is 25.8. The summed E-state index contributed by atoms with van der Waals surface area (Å²) in [7, 11) is -5.51. The molecule has 3 nitrogen and oxygen atoms in total. The molecule has 7 heteroatoms. The molecule has 0 aromatic heterocycles. The van der Waals surface area contributed by atoms with Gasteiger partial charge in [0.15, 0.2) is 0 Å². The Bertz CT molecular complexity index is 451. The van der Waals surface area contributed by atoms with Gasteiger partial charge < -0.3 is 4.18 Å². The van der Waals surface area contributed by atoms with Gasteiger partial charge in [0.25, 0.3) is 0 Å². The second kappa shape index (κ2) is 4.75. The predicted octanol–water partition coefficient (Wildman–Crippen LogP) is 3.48. The summed E-state index contributed by atoms with van der Waals surface area (Å²) < 4.78 is 63.2. The van der Waals surface area contributed by atoms with Gasteiger partial charge in [0.05, 0.1) is 0 Å². The van der Waals surface area contributed by atoms with E-state index in [1.807, 2.05) is 0 Å². The summed E-state index contributed by atoms with van der Waals surface area (Å²) in [6, 6.07) is 0. The van der Waals surface area contributed by atoms with Gasteiger partial charge in [-0.1, -0.05) is 6.42 Å². The van der Waals surface area contributed by atoms with Crippen molar-refractivity contribution in [1.82, 2.24) is 0 Å². The van der Waals surface area contributed by atoms with Crippen LogP contribution in [0.1, 0.15) is 44.9 Å². The quantitative estimate of drug-likeness (QED) is 0.576. The van der Waals surface area contributed by atoms with E-state index in [1.54, 1.807) is 0 Å². The fourth-order valence-corrected chi connectivity index (χ4v) is 3.26. The third kappa shape index (κ3) is 2.65. The van der Waals surface area contributed by atoms with Crippen LogP contribution in [0, 0.1) is 5.92 Å². The minimum absolute atomic E-state index is 0.0447. The van der Waals surface area contributed by atoms with Crippen molar-refractivity contribution in [2.45, 2.75) is 50.5 Å². The van der Waals surface area contributed by atoms with E-state index in [4.69, 9.17) is 0 Å². The third-order valence-electron chi connectivity index (χ3n) is 3.55. The summed E-state index contributed by atoms with van der Waals surface area (Å²) >= 11 is 0. The monoisotopic (exact) mass is 284 g/mol. The van der Waals surface area contributed by atoms with Crippen LogP contribution in [0.3, 0.4) is 0 Å². The Balaban J connectivity index is 2.24. The molecule has 0 heterocycles. The summed E-state index contributed by atoms with van der Waals surface area (Å²) in [5.74, 6) is 0.259. The van der Waals surface area contributed by atoms with Crippen LogP contribution in [0.15, 0.2) is 11.3 Å². The molecule has 1 fully saturated rings. The Kier molecular flexibility index (Phi) is 3.62. The molecule has 1 atom stereocenters. The number of alkyl halides is 3. The minimum Gasteiger partial charge on any atom is -0.381 e. The lowest BCUT2D eigenvalue weighted by molar-refractivity contribution is -0.0525. The fraction of sp³-hybridized carbons (Fsp3) is 0.818. The topological polar surface area (TPSA) is 43.4 Å². The van der Waals surface area contributed by atoms with E-state index in [2.05, 4.69) is 4.18 Å². The fourth-order valence-electron chi connectivity index (χ4n) is 2.71. The third-order valence-corrected chi connectivity index (χ3v) is 4.54. The van der Waals surface area contributed by atoms with Crippen LogP contribution < -0.4 is 0 Å². The van der Waals surface area contributed by atoms with E-state index >= 15 is 0 Å². The summed E-state index contributed by atoms with van der Waals surface area (Å²) in [5, 5.41) is 0. The molecule has 0 N–H and O–H groups in total. The van der Waals surface area contributed by atoms with Gasteiger partial charge in [0, 0.05) is 6.42 Å². The van der Waals surface area contributed by atoms with E-state index < -0.39 is 15.6 Å². The van der Waals surface area contributed by atoms with Crippen molar-refractivity contribution in [3.05, 3.63) is 11.3 Å². The van der Waals surface area contributed by atoms with Crippen molar-refractivity contribution in [2.75, 3.05) is 0 Å². The molecule has 1 unspecified atom stereocenters. The minimum atomic E-state index is -5.51. The molecular weight excluding hydrogens is 269 g/mol. The SMILES string of the molecule is O=S(=O)(OC1=C2CCCCC2CCC1)C(F)(F)F. The van der Waals surface area contributed by atoms with Gasteiger partial charge in [-0.25, -0.2) is 0 Å². The second-order valence-corrected chi connectivity index (χ2v) is 6.30. The van der Waals surface area contributed by atoms with Gasteiger partial charge in [-0.2, -0.15) is 21.6 Å². The van der Waals surface area contributed by atoms with Crippen molar-refractivity contribution in [3.8, 4) is 0 Å². The zero-order valence-corrected chi connectivity index (χ0v) is 10.6. The molecular formula is C11H15F3O3S. The number of fused-ring (bicyclic) bond motifs is 1. The van der Waals surface area contributed by atoms with Crippen LogP contribution in [0.5, 0.6) is 0 Å². The van der Waals surface area contributed by atoms with Crippen molar-refractivity contribution in [3.63, 3.8) is 0 Å². The van der Waals surface area contributed by atoms with Crippen LogP contribution in [0.4, 0.5) is 13.2 Å². The number of rotatable bonds is 2. The van der Waals surface area contributed by atoms with Crippen molar-refractivity contribution < 1.29 is 25.8 Å². The first-order valence-electron chi connectivity index (χ1n) is 6.04. The van der Waals surface area contributed by atoms with E-state index in [-0.39, 0.29) is 11.7 Å². The molecule has 2 aliphatic carbocycles. The van der Waals surface area contributed by atoms with E-state index in [0.717, 1.165) is 31.3 Å². The zero-order chi connectivity index (χ0) is 13.4. The van der Waals surface area contributed by atoms with Crippen molar-refractivity contribution in [1.29, 1.82) is 0 Å². The Labute approximate surface area is 104 Å². The molecule has 1 saturated carbocycles. The summed E-state index contributed by atoms with van der Waals surface area (Å²) in [6.07, 6.45) is 5.44. The molecule has 2 rings (SSSR count). The van der Waals surface area contributed by atoms with Gasteiger partial charge >= 0.3 is 15.6 Å². The molecule has 104 valence electrons. The summed E-state index contributed by atoms with van der Waals surface area (Å²) in [6.45, 7) is 0. The molecule has 0 amide bonds. The first-order valence-corrected chi connectivity index (χ1v) is 7.45. The molecule has 18 heavy (non-hydrogen) atoms. The van der Waals surface area contributed by atoms with Gasteiger partial charge in [-0.15, -0.1) is 0 Å². The number of hydrogen-bond acceptors (Lipinski definition) is 3. The Hall–Kier alpha value is -0.720. The molecule has 0 spiro atoms. The highest BCUT2D eigenvalue weighted by molar-refractivity contribution is 7.87. The van der Waals surface area contributed by atoms with Crippen LogP contribution in [-0.2, 0) is 14.3 Å². The molecule has 0 radical (unpaired) electrons. The highest BCUT2D eigenvalue weighted by Gasteiger charge is 2.49. The summed E-state index contributed by atoms with van der Waals surface area (Å²) in [5.41, 5.74) is -4.55. The van der Waals surface area contributed by atoms with Crippen LogP contribution in [0.2, 0.25) is 0 Å². The first-order chi connectivity index (χ1) is 8.31. The van der Waals surface area contributed by atoms with Crippen molar-refractivity contribution in [2.24, 2.45) is 5.92 Å². The average molecular weight is 284 g/mol. The molecule has 0 bridgehead atoms. The smallest absolute Gasteiger partial charge is 0.381 e. The van der Waals surface area contributed by atoms with Crippen LogP contribution >= 0.6 is 0 Å². The van der Waals surface area contributed by atoms with Gasteiger partial charge in [-0.3, -0.25) is 0 Å². The molecule has 2 aliphatic rings. The lowest BCUT2D eigenvalue weighted by Gasteiger charge is -2.31. The summed E-state index contributed by atoms with van der Waals surface area (Å²) in [4.78, 5) is 0. The maximum atomic E-state index is 12.3. The molecule has 0 aromatic carbocycles. The number of allylic oxidation sites excluding steroid dienone is 2. The molecule has 0 saturated heterocycles. The highest BCUT2D eigenvalue weighted by Crippen LogP contribution is 2.41. The van der Waals surface area contributed by atoms with E-state index in [9.17, 15) is 21.6 Å².